The highest BCUT2D eigenvalue weighted by Crippen LogP contribution is 2.24. The minimum absolute atomic E-state index is 0.615. The van der Waals surface area contributed by atoms with E-state index in [1.807, 2.05) is 6.20 Å². The first-order valence-electron chi connectivity index (χ1n) is 11.7. The summed E-state index contributed by atoms with van der Waals surface area (Å²) in [6.07, 6.45) is 4.41. The molecular weight excluding hydrogens is 400 g/mol. The molecule has 4 heterocycles. The molecule has 2 aromatic heterocycles. The lowest BCUT2D eigenvalue weighted by Gasteiger charge is -2.35. The van der Waals surface area contributed by atoms with Gasteiger partial charge in [0.1, 0.15) is 5.82 Å². The molecule has 1 atom stereocenters. The molecule has 7 heteroatoms. The van der Waals surface area contributed by atoms with Crippen LogP contribution in [0.2, 0.25) is 0 Å². The number of pyridine rings is 1. The molecule has 1 aromatic carbocycles. The van der Waals surface area contributed by atoms with Crippen molar-refractivity contribution in [1.82, 2.24) is 20.0 Å². The second-order valence-corrected chi connectivity index (χ2v) is 9.21. The summed E-state index contributed by atoms with van der Waals surface area (Å²) >= 11 is 0. The lowest BCUT2D eigenvalue weighted by atomic mass is 10.0. The van der Waals surface area contributed by atoms with E-state index in [1.165, 1.54) is 24.1 Å². The first-order valence-corrected chi connectivity index (χ1v) is 11.7. The largest absolute Gasteiger partial charge is 0.369 e. The minimum atomic E-state index is 0.615. The molecule has 7 nitrogen and oxygen atoms in total. The third-order valence-corrected chi connectivity index (χ3v) is 6.59. The van der Waals surface area contributed by atoms with Gasteiger partial charge in [-0.15, -0.1) is 0 Å². The number of piperazine rings is 1. The Morgan fingerprint density at radius 3 is 2.50 bits per heavy atom. The molecule has 0 bridgehead atoms. The third kappa shape index (κ3) is 4.78. The van der Waals surface area contributed by atoms with Gasteiger partial charge in [0.15, 0.2) is 0 Å². The van der Waals surface area contributed by atoms with E-state index < -0.39 is 0 Å². The number of piperidine rings is 1. The molecule has 0 amide bonds. The van der Waals surface area contributed by atoms with Crippen LogP contribution in [0.3, 0.4) is 0 Å². The van der Waals surface area contributed by atoms with Crippen molar-refractivity contribution in [2.75, 3.05) is 49.1 Å². The zero-order valence-electron chi connectivity index (χ0n) is 19.1. The van der Waals surface area contributed by atoms with Gasteiger partial charge >= 0.3 is 0 Å². The smallest absolute Gasteiger partial charge is 0.241 e. The normalized spacial score (nSPS) is 20.0. The Morgan fingerprint density at radius 2 is 1.78 bits per heavy atom. The van der Waals surface area contributed by atoms with Crippen molar-refractivity contribution < 1.29 is 4.52 Å². The van der Waals surface area contributed by atoms with E-state index >= 15 is 0 Å². The predicted octanol–water partition coefficient (Wildman–Crippen LogP) is 4.00. The molecule has 0 spiro atoms. The Balaban J connectivity index is 1.16. The Morgan fingerprint density at radius 1 is 0.969 bits per heavy atom. The van der Waals surface area contributed by atoms with Gasteiger partial charge in [0, 0.05) is 56.7 Å². The molecule has 0 N–H and O–H groups in total. The minimum Gasteiger partial charge on any atom is -0.369 e. The first kappa shape index (κ1) is 20.9. The van der Waals surface area contributed by atoms with Crippen LogP contribution >= 0.6 is 0 Å². The lowest BCUT2D eigenvalue weighted by molar-refractivity contribution is 0.215. The van der Waals surface area contributed by atoms with Crippen molar-refractivity contribution in [2.24, 2.45) is 5.92 Å². The van der Waals surface area contributed by atoms with Crippen molar-refractivity contribution in [3.63, 3.8) is 0 Å². The number of hydrogen-bond acceptors (Lipinski definition) is 7. The zero-order valence-corrected chi connectivity index (χ0v) is 19.1. The summed E-state index contributed by atoms with van der Waals surface area (Å²) in [5.41, 5.74) is 3.49. The summed E-state index contributed by atoms with van der Waals surface area (Å²) in [5.74, 6) is 3.04. The molecule has 168 valence electrons. The number of anilines is 2. The maximum atomic E-state index is 5.55. The Kier molecular flexibility index (Phi) is 6.08. The Bertz CT molecular complexity index is 1010. The molecule has 3 aromatic rings. The van der Waals surface area contributed by atoms with E-state index in [4.69, 9.17) is 4.52 Å². The van der Waals surface area contributed by atoms with Crippen LogP contribution in [0.5, 0.6) is 0 Å². The van der Waals surface area contributed by atoms with Crippen molar-refractivity contribution >= 4 is 11.5 Å². The van der Waals surface area contributed by atoms with E-state index in [1.54, 1.807) is 0 Å². The molecule has 1 unspecified atom stereocenters. The van der Waals surface area contributed by atoms with Gasteiger partial charge in [-0.1, -0.05) is 29.8 Å². The molecule has 2 aliphatic rings. The Hall–Kier alpha value is -2.93. The molecular formula is C25H32N6O. The molecule has 2 saturated heterocycles. The summed E-state index contributed by atoms with van der Waals surface area (Å²) in [4.78, 5) is 16.5. The first-order chi connectivity index (χ1) is 15.6. The molecule has 0 saturated carbocycles. The van der Waals surface area contributed by atoms with Crippen molar-refractivity contribution in [3.8, 4) is 11.4 Å². The average Bonchev–Trinajstić information content (AvgIpc) is 3.29. The predicted molar refractivity (Wildman–Crippen MR) is 127 cm³/mol. The summed E-state index contributed by atoms with van der Waals surface area (Å²) in [7, 11) is 0. The molecule has 0 radical (unpaired) electrons. The second-order valence-electron chi connectivity index (χ2n) is 9.21. The fourth-order valence-corrected chi connectivity index (χ4v) is 4.65. The SMILES string of the molecule is Cc1ccc(N2CCN(Cc3nc(-c4ccc(N5CCCC(C)C5)nc4)no3)CC2)cc1. The van der Waals surface area contributed by atoms with Crippen LogP contribution in [-0.2, 0) is 6.54 Å². The van der Waals surface area contributed by atoms with Crippen LogP contribution in [0.15, 0.2) is 47.1 Å². The van der Waals surface area contributed by atoms with Gasteiger partial charge in [0.2, 0.25) is 11.7 Å². The topological polar surface area (TPSA) is 61.5 Å². The molecule has 2 fully saturated rings. The number of hydrogen-bond donors (Lipinski definition) is 0. The molecule has 0 aliphatic carbocycles. The van der Waals surface area contributed by atoms with Crippen molar-refractivity contribution in [1.29, 1.82) is 0 Å². The van der Waals surface area contributed by atoms with E-state index in [9.17, 15) is 0 Å². The maximum Gasteiger partial charge on any atom is 0.241 e. The molecule has 32 heavy (non-hydrogen) atoms. The van der Waals surface area contributed by atoms with Crippen molar-refractivity contribution in [2.45, 2.75) is 33.2 Å². The fraction of sp³-hybridized carbons (Fsp3) is 0.480. The van der Waals surface area contributed by atoms with Crippen LogP contribution in [-0.4, -0.2) is 59.3 Å². The summed E-state index contributed by atoms with van der Waals surface area (Å²) in [5, 5.41) is 4.20. The standard InChI is InChI=1S/C25H32N6O/c1-19-5-8-22(9-6-19)30-14-12-29(13-15-30)18-24-27-25(28-32-24)21-7-10-23(26-16-21)31-11-3-4-20(2)17-31/h5-10,16,20H,3-4,11-15,17-18H2,1-2H3. The summed E-state index contributed by atoms with van der Waals surface area (Å²) in [6, 6.07) is 12.9. The van der Waals surface area contributed by atoms with E-state index in [0.717, 1.165) is 56.6 Å². The summed E-state index contributed by atoms with van der Waals surface area (Å²) in [6.45, 7) is 11.3. The highest BCUT2D eigenvalue weighted by Gasteiger charge is 2.21. The van der Waals surface area contributed by atoms with Crippen LogP contribution in [0.4, 0.5) is 11.5 Å². The molecule has 2 aliphatic heterocycles. The van der Waals surface area contributed by atoms with Gasteiger partial charge in [-0.25, -0.2) is 4.98 Å². The lowest BCUT2D eigenvalue weighted by Crippen LogP contribution is -2.46. The van der Waals surface area contributed by atoms with Crippen LogP contribution in [0.25, 0.3) is 11.4 Å². The zero-order chi connectivity index (χ0) is 21.9. The van der Waals surface area contributed by atoms with Gasteiger partial charge in [0.05, 0.1) is 6.54 Å². The molecule has 5 rings (SSSR count). The monoisotopic (exact) mass is 432 g/mol. The highest BCUT2D eigenvalue weighted by atomic mass is 16.5. The van der Waals surface area contributed by atoms with Gasteiger partial charge in [-0.3, -0.25) is 4.90 Å². The van der Waals surface area contributed by atoms with Gasteiger partial charge in [-0.2, -0.15) is 4.98 Å². The van der Waals surface area contributed by atoms with E-state index in [2.05, 4.69) is 80.1 Å². The van der Waals surface area contributed by atoms with E-state index in [-0.39, 0.29) is 0 Å². The summed E-state index contributed by atoms with van der Waals surface area (Å²) < 4.78 is 5.55. The van der Waals surface area contributed by atoms with Gasteiger partial charge in [0.25, 0.3) is 0 Å². The third-order valence-electron chi connectivity index (χ3n) is 6.59. The maximum absolute atomic E-state index is 5.55. The highest BCUT2D eigenvalue weighted by molar-refractivity contribution is 5.56. The second kappa shape index (κ2) is 9.28. The van der Waals surface area contributed by atoms with Crippen LogP contribution in [0.1, 0.15) is 31.2 Å². The number of nitrogens with zero attached hydrogens (tertiary/aromatic N) is 6. The van der Waals surface area contributed by atoms with Crippen LogP contribution in [0, 0.1) is 12.8 Å². The fourth-order valence-electron chi connectivity index (χ4n) is 4.65. The van der Waals surface area contributed by atoms with Gasteiger partial charge < -0.3 is 14.3 Å². The number of rotatable bonds is 5. The number of benzene rings is 1. The number of aryl methyl sites for hydroxylation is 1. The number of aromatic nitrogens is 3. The van der Waals surface area contributed by atoms with Gasteiger partial charge in [-0.05, 0) is 49.9 Å². The van der Waals surface area contributed by atoms with Crippen LogP contribution < -0.4 is 9.80 Å². The Labute approximate surface area is 190 Å². The van der Waals surface area contributed by atoms with Crippen molar-refractivity contribution in [3.05, 3.63) is 54.0 Å². The average molecular weight is 433 g/mol. The quantitative estimate of drug-likeness (QED) is 0.604. The van der Waals surface area contributed by atoms with E-state index in [0.29, 0.717) is 18.3 Å².